The normalized spacial score (nSPS) is 30.0. The Morgan fingerprint density at radius 2 is 1.54 bits per heavy atom. The number of allylic oxidation sites excluding steroid dienone is 1. The molecule has 3 nitrogen and oxygen atoms in total. The zero-order chi connectivity index (χ0) is 16.9. The van der Waals surface area contributed by atoms with Crippen LogP contribution in [0.2, 0.25) is 0 Å². The average Bonchev–Trinajstić information content (AvgIpc) is 2.97. The van der Waals surface area contributed by atoms with Gasteiger partial charge in [0.05, 0.1) is 17.6 Å². The average molecular weight is 319 g/mol. The molecule has 24 heavy (non-hydrogen) atoms. The SMILES string of the molecule is CN1C[C@H](O)C2C(=O)C(c3ccccc3)=C(c3ccccc3)[C@@]21C. The summed E-state index contributed by atoms with van der Waals surface area (Å²) in [5.41, 5.74) is 3.28. The zero-order valence-corrected chi connectivity index (χ0v) is 13.9. The van der Waals surface area contributed by atoms with E-state index in [4.69, 9.17) is 0 Å². The molecule has 1 aliphatic carbocycles. The first-order chi connectivity index (χ1) is 11.5. The van der Waals surface area contributed by atoms with Crippen LogP contribution in [0.3, 0.4) is 0 Å². The number of ketones is 1. The number of Topliss-reactive ketones (excluding diaryl/α,β-unsaturated/α-hetero) is 1. The first-order valence-corrected chi connectivity index (χ1v) is 8.34. The second kappa shape index (κ2) is 5.40. The van der Waals surface area contributed by atoms with Crippen LogP contribution in [0.1, 0.15) is 18.1 Å². The predicted octanol–water partition coefficient (Wildman–Crippen LogP) is 2.86. The smallest absolute Gasteiger partial charge is 0.171 e. The number of aliphatic hydroxyl groups is 1. The van der Waals surface area contributed by atoms with Crippen molar-refractivity contribution in [2.45, 2.75) is 18.6 Å². The van der Waals surface area contributed by atoms with Gasteiger partial charge in [-0.2, -0.15) is 0 Å². The molecule has 1 saturated heterocycles. The Kier molecular flexibility index (Phi) is 3.44. The van der Waals surface area contributed by atoms with Gasteiger partial charge in [-0.15, -0.1) is 0 Å². The van der Waals surface area contributed by atoms with E-state index in [0.29, 0.717) is 6.54 Å². The van der Waals surface area contributed by atoms with Crippen LogP contribution in [0.5, 0.6) is 0 Å². The summed E-state index contributed by atoms with van der Waals surface area (Å²) < 4.78 is 0. The molecule has 0 spiro atoms. The molecule has 3 atom stereocenters. The minimum atomic E-state index is -0.632. The zero-order valence-electron chi connectivity index (χ0n) is 13.9. The first-order valence-electron chi connectivity index (χ1n) is 8.34. The molecular formula is C21H21NO2. The third-order valence-corrected chi connectivity index (χ3v) is 5.65. The van der Waals surface area contributed by atoms with E-state index < -0.39 is 17.6 Å². The Bertz CT molecular complexity index is 812. The van der Waals surface area contributed by atoms with Crippen molar-refractivity contribution in [1.29, 1.82) is 0 Å². The van der Waals surface area contributed by atoms with Crippen molar-refractivity contribution in [2.75, 3.05) is 13.6 Å². The lowest BCUT2D eigenvalue weighted by Crippen LogP contribution is -2.43. The van der Waals surface area contributed by atoms with Gasteiger partial charge < -0.3 is 5.11 Å². The number of likely N-dealkylation sites (N-methyl/N-ethyl adjacent to an activating group) is 1. The largest absolute Gasteiger partial charge is 0.391 e. The second-order valence-corrected chi connectivity index (χ2v) is 6.92. The van der Waals surface area contributed by atoms with E-state index in [-0.39, 0.29) is 5.78 Å². The highest BCUT2D eigenvalue weighted by Gasteiger charge is 2.60. The number of benzene rings is 2. The van der Waals surface area contributed by atoms with E-state index in [1.54, 1.807) is 0 Å². The molecular weight excluding hydrogens is 298 g/mol. The van der Waals surface area contributed by atoms with E-state index in [0.717, 1.165) is 22.3 Å². The summed E-state index contributed by atoms with van der Waals surface area (Å²) in [5, 5.41) is 10.5. The summed E-state index contributed by atoms with van der Waals surface area (Å²) in [6.45, 7) is 2.61. The molecule has 1 unspecified atom stereocenters. The lowest BCUT2D eigenvalue weighted by atomic mass is 9.81. The van der Waals surface area contributed by atoms with Crippen LogP contribution in [0.15, 0.2) is 60.7 Å². The predicted molar refractivity (Wildman–Crippen MR) is 95.2 cm³/mol. The molecule has 1 aliphatic heterocycles. The van der Waals surface area contributed by atoms with Crippen molar-refractivity contribution in [3.63, 3.8) is 0 Å². The van der Waals surface area contributed by atoms with Gasteiger partial charge in [0.25, 0.3) is 0 Å². The van der Waals surface area contributed by atoms with Gasteiger partial charge in [-0.3, -0.25) is 9.69 Å². The Morgan fingerprint density at radius 1 is 1.00 bits per heavy atom. The Morgan fingerprint density at radius 3 is 2.12 bits per heavy atom. The third-order valence-electron chi connectivity index (χ3n) is 5.65. The Balaban J connectivity index is 2.02. The lowest BCUT2D eigenvalue weighted by Gasteiger charge is -2.35. The number of hydrogen-bond donors (Lipinski definition) is 1. The first kappa shape index (κ1) is 15.3. The van der Waals surface area contributed by atoms with Gasteiger partial charge in [0.15, 0.2) is 5.78 Å². The maximum Gasteiger partial charge on any atom is 0.171 e. The van der Waals surface area contributed by atoms with Gasteiger partial charge >= 0.3 is 0 Å². The van der Waals surface area contributed by atoms with E-state index in [9.17, 15) is 9.90 Å². The Hall–Kier alpha value is -2.23. The fraction of sp³-hybridized carbons (Fsp3) is 0.286. The number of carbonyl (C=O) groups is 1. The van der Waals surface area contributed by atoms with Crippen LogP contribution in [0.4, 0.5) is 0 Å². The van der Waals surface area contributed by atoms with Crippen molar-refractivity contribution in [1.82, 2.24) is 4.90 Å². The highest BCUT2D eigenvalue weighted by atomic mass is 16.3. The maximum atomic E-state index is 13.3. The number of hydrogen-bond acceptors (Lipinski definition) is 3. The molecule has 2 aliphatic rings. The summed E-state index contributed by atoms with van der Waals surface area (Å²) in [7, 11) is 1.99. The van der Waals surface area contributed by atoms with Crippen LogP contribution in [-0.2, 0) is 4.79 Å². The number of nitrogens with zero attached hydrogens (tertiary/aromatic N) is 1. The fourth-order valence-electron chi connectivity index (χ4n) is 4.43. The van der Waals surface area contributed by atoms with E-state index in [2.05, 4.69) is 24.0 Å². The van der Waals surface area contributed by atoms with Gasteiger partial charge in [-0.05, 0) is 30.7 Å². The fourth-order valence-corrected chi connectivity index (χ4v) is 4.43. The molecule has 1 fully saturated rings. The summed E-state index contributed by atoms with van der Waals surface area (Å²) in [6, 6.07) is 19.9. The van der Waals surface area contributed by atoms with Crippen molar-refractivity contribution in [2.24, 2.45) is 5.92 Å². The van der Waals surface area contributed by atoms with Gasteiger partial charge in [-0.1, -0.05) is 60.7 Å². The number of fused-ring (bicyclic) bond motifs is 1. The van der Waals surface area contributed by atoms with Crippen molar-refractivity contribution in [3.05, 3.63) is 71.8 Å². The highest BCUT2D eigenvalue weighted by Crippen LogP contribution is 2.54. The van der Waals surface area contributed by atoms with E-state index in [1.165, 1.54) is 0 Å². The van der Waals surface area contributed by atoms with Crippen LogP contribution in [-0.4, -0.2) is 41.0 Å². The van der Waals surface area contributed by atoms with Crippen molar-refractivity contribution in [3.8, 4) is 0 Å². The molecule has 4 rings (SSSR count). The van der Waals surface area contributed by atoms with E-state index in [1.807, 2.05) is 55.6 Å². The van der Waals surface area contributed by atoms with Gasteiger partial charge in [0, 0.05) is 12.1 Å². The summed E-state index contributed by atoms with van der Waals surface area (Å²) in [6.07, 6.45) is -0.632. The topological polar surface area (TPSA) is 40.5 Å². The molecule has 2 aromatic carbocycles. The molecule has 2 aromatic rings. The molecule has 1 N–H and O–H groups in total. The maximum absolute atomic E-state index is 13.3. The minimum absolute atomic E-state index is 0.0550. The molecule has 0 amide bonds. The van der Waals surface area contributed by atoms with Crippen LogP contribution < -0.4 is 0 Å². The Labute approximate surface area is 142 Å². The molecule has 0 radical (unpaired) electrons. The minimum Gasteiger partial charge on any atom is -0.391 e. The molecule has 3 heteroatoms. The summed E-state index contributed by atoms with van der Waals surface area (Å²) in [4.78, 5) is 15.4. The van der Waals surface area contributed by atoms with Gasteiger partial charge in [0.2, 0.25) is 0 Å². The van der Waals surface area contributed by atoms with Gasteiger partial charge in [0.1, 0.15) is 0 Å². The summed E-state index contributed by atoms with van der Waals surface area (Å²) in [5.74, 6) is -0.354. The highest BCUT2D eigenvalue weighted by molar-refractivity contribution is 6.34. The van der Waals surface area contributed by atoms with Crippen molar-refractivity contribution >= 4 is 16.9 Å². The lowest BCUT2D eigenvalue weighted by molar-refractivity contribution is -0.120. The van der Waals surface area contributed by atoms with Crippen LogP contribution in [0.25, 0.3) is 11.1 Å². The number of carbonyl (C=O) groups excluding carboxylic acids is 1. The quantitative estimate of drug-likeness (QED) is 0.925. The molecule has 0 bridgehead atoms. The number of β-amino-alcohol motifs (C(OH)–C–C–N with tert-alkyl or cyclic N) is 1. The number of rotatable bonds is 2. The molecule has 0 saturated carbocycles. The molecule has 0 aromatic heterocycles. The third kappa shape index (κ3) is 1.95. The standard InChI is InChI=1S/C21H21NO2/c1-21-18(15-11-7-4-8-12-15)17(14-9-5-3-6-10-14)20(24)19(21)16(23)13-22(21)2/h3-12,16,19,23H,13H2,1-2H3/t16-,19?,21-/m0/s1. The molecule has 122 valence electrons. The number of aliphatic hydroxyl groups excluding tert-OH is 1. The van der Waals surface area contributed by atoms with E-state index >= 15 is 0 Å². The molecule has 1 heterocycles. The van der Waals surface area contributed by atoms with Crippen molar-refractivity contribution < 1.29 is 9.90 Å². The second-order valence-electron chi connectivity index (χ2n) is 6.92. The number of likely N-dealkylation sites (tertiary alicyclic amines) is 1. The van der Waals surface area contributed by atoms with Crippen LogP contribution in [0, 0.1) is 5.92 Å². The van der Waals surface area contributed by atoms with Crippen LogP contribution >= 0.6 is 0 Å². The summed E-state index contributed by atoms with van der Waals surface area (Å²) >= 11 is 0. The monoisotopic (exact) mass is 319 g/mol. The van der Waals surface area contributed by atoms with Gasteiger partial charge in [-0.25, -0.2) is 0 Å².